The first-order chi connectivity index (χ1) is 11.2. The predicted octanol–water partition coefficient (Wildman–Crippen LogP) is 3.26. The summed E-state index contributed by atoms with van der Waals surface area (Å²) in [6.07, 6.45) is 3.49. The fourth-order valence-corrected chi connectivity index (χ4v) is 1.99. The summed E-state index contributed by atoms with van der Waals surface area (Å²) in [7, 11) is 0. The van der Waals surface area contributed by atoms with Gasteiger partial charge in [0.15, 0.2) is 0 Å². The number of hydrogen-bond donors (Lipinski definition) is 0. The van der Waals surface area contributed by atoms with E-state index in [0.29, 0.717) is 13.2 Å². The number of rotatable bonds is 12. The van der Waals surface area contributed by atoms with E-state index in [1.807, 2.05) is 30.3 Å². The Morgan fingerprint density at radius 2 is 1.52 bits per heavy atom. The van der Waals surface area contributed by atoms with Gasteiger partial charge in [-0.3, -0.25) is 9.59 Å². The molecule has 1 rings (SSSR count). The minimum absolute atomic E-state index is 0.276. The van der Waals surface area contributed by atoms with E-state index < -0.39 is 11.9 Å². The average Bonchev–Trinajstić information content (AvgIpc) is 2.54. The van der Waals surface area contributed by atoms with Gasteiger partial charge < -0.3 is 14.2 Å². The molecule has 0 saturated heterocycles. The summed E-state index contributed by atoms with van der Waals surface area (Å²) in [5.74, 6) is -1.05. The molecule has 0 saturated carbocycles. The van der Waals surface area contributed by atoms with Gasteiger partial charge in [-0.25, -0.2) is 0 Å². The van der Waals surface area contributed by atoms with Gasteiger partial charge in [0.1, 0.15) is 6.42 Å². The van der Waals surface area contributed by atoms with Crippen molar-refractivity contribution in [1.82, 2.24) is 0 Å². The Bertz CT molecular complexity index is 444. The van der Waals surface area contributed by atoms with Crippen LogP contribution < -0.4 is 0 Å². The fraction of sp³-hybridized carbons (Fsp3) is 0.556. The first-order valence-corrected chi connectivity index (χ1v) is 8.15. The molecule has 0 aliphatic heterocycles. The lowest BCUT2D eigenvalue weighted by atomic mass is 10.2. The molecule has 0 amide bonds. The van der Waals surface area contributed by atoms with Crippen LogP contribution in [0.2, 0.25) is 0 Å². The number of esters is 2. The minimum atomic E-state index is -0.534. The topological polar surface area (TPSA) is 61.8 Å². The van der Waals surface area contributed by atoms with Crippen molar-refractivity contribution >= 4 is 11.9 Å². The number of carbonyl (C=O) groups is 2. The summed E-state index contributed by atoms with van der Waals surface area (Å²) in [6.45, 7) is 3.71. The van der Waals surface area contributed by atoms with Gasteiger partial charge in [0.05, 0.1) is 19.8 Å². The van der Waals surface area contributed by atoms with Crippen LogP contribution in [0.3, 0.4) is 0 Å². The van der Waals surface area contributed by atoms with Gasteiger partial charge in [-0.2, -0.15) is 0 Å². The number of ether oxygens (including phenoxy) is 3. The second kappa shape index (κ2) is 12.6. The number of carbonyl (C=O) groups excluding carboxylic acids is 2. The van der Waals surface area contributed by atoms with Crippen LogP contribution in [-0.4, -0.2) is 31.8 Å². The van der Waals surface area contributed by atoms with Crippen molar-refractivity contribution in [3.63, 3.8) is 0 Å². The normalized spacial score (nSPS) is 10.3. The van der Waals surface area contributed by atoms with Gasteiger partial charge in [0, 0.05) is 6.61 Å². The molecule has 0 bridgehead atoms. The predicted molar refractivity (Wildman–Crippen MR) is 86.8 cm³/mol. The van der Waals surface area contributed by atoms with Crippen molar-refractivity contribution in [3.8, 4) is 0 Å². The summed E-state index contributed by atoms with van der Waals surface area (Å²) < 4.78 is 15.2. The third kappa shape index (κ3) is 10.5. The van der Waals surface area contributed by atoms with Crippen LogP contribution >= 0.6 is 0 Å². The van der Waals surface area contributed by atoms with Crippen LogP contribution in [0, 0.1) is 0 Å². The first-order valence-electron chi connectivity index (χ1n) is 8.15. The highest BCUT2D eigenvalue weighted by molar-refractivity contribution is 5.91. The summed E-state index contributed by atoms with van der Waals surface area (Å²) in [6, 6.07) is 10.1. The zero-order valence-corrected chi connectivity index (χ0v) is 13.8. The van der Waals surface area contributed by atoms with E-state index in [-0.39, 0.29) is 13.0 Å². The molecule has 0 aromatic heterocycles. The SMILES string of the molecule is CCOC(=O)CC(=O)OCCCCCCOCc1ccccc1. The average molecular weight is 322 g/mol. The molecule has 5 heteroatoms. The molecule has 5 nitrogen and oxygen atoms in total. The van der Waals surface area contributed by atoms with Gasteiger partial charge in [-0.15, -0.1) is 0 Å². The van der Waals surface area contributed by atoms with Crippen LogP contribution in [-0.2, 0) is 30.4 Å². The van der Waals surface area contributed by atoms with E-state index >= 15 is 0 Å². The maximum absolute atomic E-state index is 11.3. The number of benzene rings is 1. The van der Waals surface area contributed by atoms with Crippen molar-refractivity contribution in [2.75, 3.05) is 19.8 Å². The Morgan fingerprint density at radius 3 is 2.22 bits per heavy atom. The smallest absolute Gasteiger partial charge is 0.317 e. The molecule has 1 aromatic carbocycles. The minimum Gasteiger partial charge on any atom is -0.466 e. The van der Waals surface area contributed by atoms with Crippen molar-refractivity contribution in [1.29, 1.82) is 0 Å². The highest BCUT2D eigenvalue weighted by atomic mass is 16.6. The highest BCUT2D eigenvalue weighted by Gasteiger charge is 2.10. The van der Waals surface area contributed by atoms with Crippen LogP contribution in [0.4, 0.5) is 0 Å². The van der Waals surface area contributed by atoms with Crippen molar-refractivity contribution in [3.05, 3.63) is 35.9 Å². The molecule has 0 unspecified atom stereocenters. The second-order valence-electron chi connectivity index (χ2n) is 5.15. The molecular weight excluding hydrogens is 296 g/mol. The van der Waals surface area contributed by atoms with Gasteiger partial charge in [0.25, 0.3) is 0 Å². The van der Waals surface area contributed by atoms with Crippen LogP contribution in [0.15, 0.2) is 30.3 Å². The lowest BCUT2D eigenvalue weighted by Crippen LogP contribution is -2.14. The quantitative estimate of drug-likeness (QED) is 0.336. The van der Waals surface area contributed by atoms with E-state index in [9.17, 15) is 9.59 Å². The molecule has 23 heavy (non-hydrogen) atoms. The van der Waals surface area contributed by atoms with Gasteiger partial charge in [0.2, 0.25) is 0 Å². The lowest BCUT2D eigenvalue weighted by molar-refractivity contribution is -0.154. The molecule has 0 fully saturated rings. The molecule has 0 heterocycles. The second-order valence-corrected chi connectivity index (χ2v) is 5.15. The van der Waals surface area contributed by atoms with E-state index in [0.717, 1.165) is 32.3 Å². The Balaban J connectivity index is 1.88. The standard InChI is InChI=1S/C18H26O5/c1-2-22-17(19)14-18(20)23-13-9-4-3-8-12-21-15-16-10-6-5-7-11-16/h5-7,10-11H,2-4,8-9,12-15H2,1H3. The molecule has 0 spiro atoms. The maximum atomic E-state index is 11.3. The molecule has 0 atom stereocenters. The van der Waals surface area contributed by atoms with Crippen LogP contribution in [0.5, 0.6) is 0 Å². The lowest BCUT2D eigenvalue weighted by Gasteiger charge is -2.06. The number of unbranched alkanes of at least 4 members (excludes halogenated alkanes) is 3. The highest BCUT2D eigenvalue weighted by Crippen LogP contribution is 2.04. The molecule has 0 radical (unpaired) electrons. The zero-order chi connectivity index (χ0) is 16.8. The van der Waals surface area contributed by atoms with Crippen LogP contribution in [0.25, 0.3) is 0 Å². The molecule has 0 aliphatic rings. The van der Waals surface area contributed by atoms with Gasteiger partial charge in [-0.05, 0) is 31.7 Å². The number of hydrogen-bond acceptors (Lipinski definition) is 5. The largest absolute Gasteiger partial charge is 0.466 e. The van der Waals surface area contributed by atoms with Crippen LogP contribution in [0.1, 0.15) is 44.6 Å². The summed E-state index contributed by atoms with van der Waals surface area (Å²) in [5.41, 5.74) is 1.18. The Morgan fingerprint density at radius 1 is 0.870 bits per heavy atom. The zero-order valence-electron chi connectivity index (χ0n) is 13.8. The Kier molecular flexibility index (Phi) is 10.5. The Hall–Kier alpha value is -1.88. The maximum Gasteiger partial charge on any atom is 0.317 e. The van der Waals surface area contributed by atoms with Gasteiger partial charge in [-0.1, -0.05) is 36.8 Å². The summed E-state index contributed by atoms with van der Waals surface area (Å²) in [5, 5.41) is 0. The monoisotopic (exact) mass is 322 g/mol. The molecule has 0 aliphatic carbocycles. The Labute approximate surface area is 137 Å². The summed E-state index contributed by atoms with van der Waals surface area (Å²) in [4.78, 5) is 22.3. The summed E-state index contributed by atoms with van der Waals surface area (Å²) >= 11 is 0. The third-order valence-corrected chi connectivity index (χ3v) is 3.15. The van der Waals surface area contributed by atoms with Crippen molar-refractivity contribution < 1.29 is 23.8 Å². The van der Waals surface area contributed by atoms with E-state index in [2.05, 4.69) is 4.74 Å². The third-order valence-electron chi connectivity index (χ3n) is 3.15. The fourth-order valence-electron chi connectivity index (χ4n) is 1.99. The first kappa shape index (κ1) is 19.2. The van der Waals surface area contributed by atoms with Crippen molar-refractivity contribution in [2.24, 2.45) is 0 Å². The molecule has 1 aromatic rings. The molecular formula is C18H26O5. The van der Waals surface area contributed by atoms with E-state index in [1.165, 1.54) is 5.56 Å². The van der Waals surface area contributed by atoms with Gasteiger partial charge >= 0.3 is 11.9 Å². The van der Waals surface area contributed by atoms with Crippen molar-refractivity contribution in [2.45, 2.75) is 45.6 Å². The van der Waals surface area contributed by atoms with E-state index in [4.69, 9.17) is 9.47 Å². The molecule has 128 valence electrons. The van der Waals surface area contributed by atoms with E-state index in [1.54, 1.807) is 6.92 Å². The molecule has 0 N–H and O–H groups in total.